The summed E-state index contributed by atoms with van der Waals surface area (Å²) in [5, 5.41) is 26.5. The van der Waals surface area contributed by atoms with Gasteiger partial charge in [-0.2, -0.15) is 0 Å². The van der Waals surface area contributed by atoms with Crippen LogP contribution in [0, 0.1) is 0 Å². The molecule has 0 heterocycles. The van der Waals surface area contributed by atoms with Gasteiger partial charge in [-0.1, -0.05) is 213 Å². The molecular formula is C42H87NO4. The van der Waals surface area contributed by atoms with Crippen molar-refractivity contribution in [2.45, 2.75) is 232 Å². The minimum atomic E-state index is -0.655. The molecule has 3 N–H and O–H groups in total. The first-order valence-electron chi connectivity index (χ1n) is 21.3. The van der Waals surface area contributed by atoms with Crippen LogP contribution in [0.15, 0.2) is 0 Å². The van der Waals surface area contributed by atoms with Crippen molar-refractivity contribution in [2.24, 2.45) is 0 Å². The molecule has 0 aliphatic rings. The van der Waals surface area contributed by atoms with Crippen molar-refractivity contribution >= 4 is 5.97 Å². The molecule has 284 valence electrons. The van der Waals surface area contributed by atoms with Crippen molar-refractivity contribution in [2.75, 3.05) is 32.8 Å². The number of hydrogen-bond donors (Lipinski definition) is 3. The highest BCUT2D eigenvalue weighted by Crippen LogP contribution is 2.15. The number of hydrogen-bond acceptors (Lipinski definition) is 4. The number of carbonyl (C=O) groups is 1. The minimum Gasteiger partial charge on any atom is -0.481 e. The van der Waals surface area contributed by atoms with Gasteiger partial charge in [0.25, 0.3) is 0 Å². The quantitative estimate of drug-likeness (QED) is 0.0567. The second kappa shape index (κ2) is 45.3. The van der Waals surface area contributed by atoms with E-state index in [-0.39, 0.29) is 13.2 Å². The van der Waals surface area contributed by atoms with Gasteiger partial charge in [0.05, 0.1) is 13.2 Å². The first kappa shape index (κ1) is 48.5. The summed E-state index contributed by atoms with van der Waals surface area (Å²) in [7, 11) is 0. The molecule has 0 aromatic heterocycles. The summed E-state index contributed by atoms with van der Waals surface area (Å²) in [6, 6.07) is 0. The van der Waals surface area contributed by atoms with Crippen molar-refractivity contribution in [3.8, 4) is 0 Å². The predicted molar refractivity (Wildman–Crippen MR) is 207 cm³/mol. The van der Waals surface area contributed by atoms with Crippen LogP contribution in [0.3, 0.4) is 0 Å². The van der Waals surface area contributed by atoms with Gasteiger partial charge in [0.15, 0.2) is 0 Å². The molecule has 5 heteroatoms. The van der Waals surface area contributed by atoms with Gasteiger partial charge in [0.1, 0.15) is 0 Å². The first-order valence-corrected chi connectivity index (χ1v) is 21.3. The molecule has 0 saturated carbocycles. The van der Waals surface area contributed by atoms with Crippen molar-refractivity contribution < 1.29 is 20.1 Å². The predicted octanol–water partition coefficient (Wildman–Crippen LogP) is 12.6. The number of aliphatic carboxylic acids is 1. The Morgan fingerprint density at radius 3 is 0.830 bits per heavy atom. The molecule has 0 aliphatic heterocycles. The summed E-state index contributed by atoms with van der Waals surface area (Å²) < 4.78 is 0. The van der Waals surface area contributed by atoms with E-state index >= 15 is 0 Å². The Bertz CT molecular complexity index is 553. The third-order valence-electron chi connectivity index (χ3n) is 9.65. The zero-order chi connectivity index (χ0) is 34.7. The van der Waals surface area contributed by atoms with Crippen LogP contribution in [0.4, 0.5) is 0 Å². The molecule has 0 aliphatic carbocycles. The Hall–Kier alpha value is -0.650. The van der Waals surface area contributed by atoms with Crippen LogP contribution in [0.2, 0.25) is 0 Å². The molecule has 0 aromatic rings. The lowest BCUT2D eigenvalue weighted by atomic mass is 10.0. The highest BCUT2D eigenvalue weighted by atomic mass is 16.4. The average molecular weight is 670 g/mol. The summed E-state index contributed by atoms with van der Waals surface area (Å²) in [6.45, 7) is 7.34. The summed E-state index contributed by atoms with van der Waals surface area (Å²) in [6.07, 6.45) is 45.5. The van der Waals surface area contributed by atoms with Gasteiger partial charge in [-0.3, -0.25) is 9.69 Å². The fourth-order valence-corrected chi connectivity index (χ4v) is 6.50. The second-order valence-corrected chi connectivity index (χ2v) is 14.4. The standard InChI is InChI=1S/C26H55NO2.C16H32O2/c1-2-3-4-5-6-7-8-9-10-11-12-13-14-15-16-17-18-19-20-21-22-27(23-25-28)24-26-29;1-2-3-4-5-6-7-8-9-10-11-12-13-14-15-16(17)18/h28-29H,2-26H2,1H3;2-15H2,1H3,(H,17,18). The second-order valence-electron chi connectivity index (χ2n) is 14.4. The molecule has 0 saturated heterocycles. The van der Waals surface area contributed by atoms with E-state index < -0.39 is 5.97 Å². The highest BCUT2D eigenvalue weighted by Gasteiger charge is 2.03. The van der Waals surface area contributed by atoms with Crippen LogP contribution in [0.1, 0.15) is 232 Å². The number of aliphatic hydroxyl groups is 2. The van der Waals surface area contributed by atoms with Crippen molar-refractivity contribution in [1.29, 1.82) is 0 Å². The van der Waals surface area contributed by atoms with Gasteiger partial charge in [0.2, 0.25) is 0 Å². The molecule has 5 nitrogen and oxygen atoms in total. The van der Waals surface area contributed by atoms with E-state index in [9.17, 15) is 4.79 Å². The van der Waals surface area contributed by atoms with Gasteiger partial charge in [-0.05, 0) is 19.4 Å². The Labute approximate surface area is 295 Å². The molecule has 0 rings (SSSR count). The molecule has 0 radical (unpaired) electrons. The van der Waals surface area contributed by atoms with E-state index in [1.165, 1.54) is 199 Å². The Morgan fingerprint density at radius 2 is 0.596 bits per heavy atom. The number of aliphatic hydroxyl groups excluding tert-OH is 2. The Kier molecular flexibility index (Phi) is 46.8. The molecule has 0 fully saturated rings. The van der Waals surface area contributed by atoms with E-state index in [1.54, 1.807) is 0 Å². The lowest BCUT2D eigenvalue weighted by Gasteiger charge is -2.19. The number of carboxylic acids is 1. The molecule has 0 amide bonds. The van der Waals surface area contributed by atoms with Crippen LogP contribution in [-0.4, -0.2) is 59.0 Å². The maximum absolute atomic E-state index is 10.3. The molecule has 47 heavy (non-hydrogen) atoms. The smallest absolute Gasteiger partial charge is 0.303 e. The van der Waals surface area contributed by atoms with Crippen LogP contribution in [0.5, 0.6) is 0 Å². The topological polar surface area (TPSA) is 81.0 Å². The SMILES string of the molecule is CCCCCCCCCCCCCCCC(=O)O.CCCCCCCCCCCCCCCCCCCCCCN(CCO)CCO. The maximum Gasteiger partial charge on any atom is 0.303 e. The highest BCUT2D eigenvalue weighted by molar-refractivity contribution is 5.66. The molecule has 0 aromatic carbocycles. The molecule has 0 bridgehead atoms. The lowest BCUT2D eigenvalue weighted by molar-refractivity contribution is -0.137. The molecule has 0 atom stereocenters. The molecule has 0 spiro atoms. The van der Waals surface area contributed by atoms with Crippen molar-refractivity contribution in [1.82, 2.24) is 4.90 Å². The zero-order valence-corrected chi connectivity index (χ0v) is 32.3. The third-order valence-corrected chi connectivity index (χ3v) is 9.65. The van der Waals surface area contributed by atoms with Gasteiger partial charge in [-0.15, -0.1) is 0 Å². The van der Waals surface area contributed by atoms with E-state index in [0.717, 1.165) is 19.4 Å². The van der Waals surface area contributed by atoms with Crippen LogP contribution in [0.25, 0.3) is 0 Å². The summed E-state index contributed by atoms with van der Waals surface area (Å²) in [5.74, 6) is -0.655. The number of carboxylic acid groups (broad SMARTS) is 1. The zero-order valence-electron chi connectivity index (χ0n) is 32.3. The van der Waals surface area contributed by atoms with Crippen molar-refractivity contribution in [3.63, 3.8) is 0 Å². The monoisotopic (exact) mass is 670 g/mol. The number of nitrogens with zero attached hydrogens (tertiary/aromatic N) is 1. The normalized spacial score (nSPS) is 11.3. The Balaban J connectivity index is 0. The van der Waals surface area contributed by atoms with E-state index in [2.05, 4.69) is 18.7 Å². The fourth-order valence-electron chi connectivity index (χ4n) is 6.50. The minimum absolute atomic E-state index is 0.194. The van der Waals surface area contributed by atoms with Crippen LogP contribution >= 0.6 is 0 Å². The summed E-state index contributed by atoms with van der Waals surface area (Å²) in [5.41, 5.74) is 0. The maximum atomic E-state index is 10.3. The lowest BCUT2D eigenvalue weighted by Crippen LogP contribution is -2.30. The molecule has 0 unspecified atom stereocenters. The first-order chi connectivity index (χ1) is 23.1. The van der Waals surface area contributed by atoms with E-state index in [4.69, 9.17) is 15.3 Å². The average Bonchev–Trinajstić information content (AvgIpc) is 3.06. The van der Waals surface area contributed by atoms with E-state index in [1.807, 2.05) is 0 Å². The van der Waals surface area contributed by atoms with Gasteiger partial charge < -0.3 is 15.3 Å². The van der Waals surface area contributed by atoms with Gasteiger partial charge >= 0.3 is 5.97 Å². The number of rotatable bonds is 39. The Morgan fingerprint density at radius 1 is 0.362 bits per heavy atom. The van der Waals surface area contributed by atoms with E-state index in [0.29, 0.717) is 19.5 Å². The fraction of sp³-hybridized carbons (Fsp3) is 0.976. The van der Waals surface area contributed by atoms with Gasteiger partial charge in [-0.25, -0.2) is 0 Å². The van der Waals surface area contributed by atoms with Crippen LogP contribution < -0.4 is 0 Å². The summed E-state index contributed by atoms with van der Waals surface area (Å²) >= 11 is 0. The largest absolute Gasteiger partial charge is 0.481 e. The van der Waals surface area contributed by atoms with Gasteiger partial charge in [0, 0.05) is 19.5 Å². The number of unbranched alkanes of at least 4 members (excludes halogenated alkanes) is 31. The van der Waals surface area contributed by atoms with Crippen molar-refractivity contribution in [3.05, 3.63) is 0 Å². The third kappa shape index (κ3) is 47.5. The van der Waals surface area contributed by atoms with Crippen LogP contribution in [-0.2, 0) is 4.79 Å². The molecular weight excluding hydrogens is 582 g/mol. The summed E-state index contributed by atoms with van der Waals surface area (Å²) in [4.78, 5) is 12.5.